The number of esters is 1. The fourth-order valence-electron chi connectivity index (χ4n) is 2.21. The Morgan fingerprint density at radius 2 is 2.23 bits per heavy atom. The Kier molecular flexibility index (Phi) is 5.05. The molecule has 0 bridgehead atoms. The summed E-state index contributed by atoms with van der Waals surface area (Å²) in [6.45, 7) is 1.96. The van der Waals surface area contributed by atoms with Gasteiger partial charge in [0, 0.05) is 6.54 Å². The number of anilines is 1. The molecular weight excluding hydrogens is 308 g/mol. The number of halogens is 1. The Morgan fingerprint density at radius 1 is 1.50 bits per heavy atom. The maximum atomic E-state index is 12.4. The van der Waals surface area contributed by atoms with Crippen molar-refractivity contribution in [2.45, 2.75) is 6.92 Å². The summed E-state index contributed by atoms with van der Waals surface area (Å²) < 4.78 is 4.72. The second-order valence-electron chi connectivity index (χ2n) is 4.90. The lowest BCUT2D eigenvalue weighted by Crippen LogP contribution is -2.31. The van der Waals surface area contributed by atoms with Gasteiger partial charge in [0.05, 0.1) is 36.5 Å². The summed E-state index contributed by atoms with van der Waals surface area (Å²) in [5, 5.41) is 12.4. The van der Waals surface area contributed by atoms with Crippen molar-refractivity contribution >= 4 is 29.2 Å². The number of nitrogens with one attached hydrogen (secondary N) is 1. The van der Waals surface area contributed by atoms with Crippen molar-refractivity contribution in [3.8, 4) is 0 Å². The van der Waals surface area contributed by atoms with Crippen LogP contribution in [0.3, 0.4) is 0 Å². The van der Waals surface area contributed by atoms with Crippen LogP contribution in [0.25, 0.3) is 0 Å². The van der Waals surface area contributed by atoms with Gasteiger partial charge in [-0.1, -0.05) is 17.7 Å². The second-order valence-corrected chi connectivity index (χ2v) is 5.31. The molecule has 0 unspecified atom stereocenters. The molecule has 1 aliphatic heterocycles. The molecule has 22 heavy (non-hydrogen) atoms. The normalized spacial score (nSPS) is 14.5. The van der Waals surface area contributed by atoms with Gasteiger partial charge in [-0.3, -0.25) is 4.79 Å². The van der Waals surface area contributed by atoms with Crippen LogP contribution in [0.2, 0.25) is 5.02 Å². The number of rotatable bonds is 5. The lowest BCUT2D eigenvalue weighted by molar-refractivity contribution is -0.136. The molecule has 1 heterocycles. The minimum Gasteiger partial charge on any atom is -0.466 e. The van der Waals surface area contributed by atoms with E-state index in [4.69, 9.17) is 21.4 Å². The molecule has 1 aliphatic rings. The highest BCUT2D eigenvalue weighted by Gasteiger charge is 2.34. The Bertz CT molecular complexity index is 642. The molecule has 0 atom stereocenters. The molecule has 2 rings (SSSR count). The molecule has 0 aliphatic carbocycles. The first kappa shape index (κ1) is 16.3. The maximum absolute atomic E-state index is 12.4. The number of hydrogen-bond acceptors (Lipinski definition) is 5. The zero-order valence-electron chi connectivity index (χ0n) is 12.4. The van der Waals surface area contributed by atoms with Crippen molar-refractivity contribution in [3.05, 3.63) is 40.1 Å². The standard InChI is InChI=1S/C15H17ClN2O4/c1-9-3-4-12(11(16)7-9)17-13-10(15(21)22-2)8-18(5-6-19)14(13)20/h3-4,7,17,19H,5-6,8H2,1-2H3. The van der Waals surface area contributed by atoms with Gasteiger partial charge in [0.15, 0.2) is 0 Å². The smallest absolute Gasteiger partial charge is 0.337 e. The van der Waals surface area contributed by atoms with Crippen LogP contribution in [0.4, 0.5) is 5.69 Å². The van der Waals surface area contributed by atoms with E-state index < -0.39 is 5.97 Å². The van der Waals surface area contributed by atoms with E-state index in [1.165, 1.54) is 12.0 Å². The van der Waals surface area contributed by atoms with E-state index in [0.717, 1.165) is 5.56 Å². The molecular formula is C15H17ClN2O4. The Labute approximate surface area is 133 Å². The summed E-state index contributed by atoms with van der Waals surface area (Å²) in [4.78, 5) is 25.6. The first-order valence-electron chi connectivity index (χ1n) is 6.72. The van der Waals surface area contributed by atoms with Crippen LogP contribution in [-0.4, -0.2) is 48.7 Å². The fourth-order valence-corrected chi connectivity index (χ4v) is 2.49. The van der Waals surface area contributed by atoms with Crippen molar-refractivity contribution in [2.75, 3.05) is 32.1 Å². The zero-order chi connectivity index (χ0) is 16.3. The van der Waals surface area contributed by atoms with Crippen LogP contribution < -0.4 is 5.32 Å². The van der Waals surface area contributed by atoms with E-state index >= 15 is 0 Å². The molecule has 0 saturated carbocycles. The molecule has 6 nitrogen and oxygen atoms in total. The molecule has 2 N–H and O–H groups in total. The lowest BCUT2D eigenvalue weighted by atomic mass is 10.2. The number of aryl methyl sites for hydroxylation is 1. The summed E-state index contributed by atoms with van der Waals surface area (Å²) in [6, 6.07) is 5.34. The largest absolute Gasteiger partial charge is 0.466 e. The number of β-amino-alcohol motifs (C(OH)–C–C–N with tert-alkyl or cyclic N) is 1. The van der Waals surface area contributed by atoms with Crippen molar-refractivity contribution in [3.63, 3.8) is 0 Å². The third kappa shape index (κ3) is 3.23. The number of carbonyl (C=O) groups excluding carboxylic acids is 2. The highest BCUT2D eigenvalue weighted by atomic mass is 35.5. The summed E-state index contributed by atoms with van der Waals surface area (Å²) in [7, 11) is 1.25. The van der Waals surface area contributed by atoms with Crippen molar-refractivity contribution in [1.29, 1.82) is 0 Å². The number of ether oxygens (including phenoxy) is 1. The topological polar surface area (TPSA) is 78.9 Å². The van der Waals surface area contributed by atoms with Crippen molar-refractivity contribution < 1.29 is 19.4 Å². The number of aliphatic hydroxyl groups is 1. The van der Waals surface area contributed by atoms with E-state index in [-0.39, 0.29) is 36.9 Å². The minimum atomic E-state index is -0.584. The SMILES string of the molecule is COC(=O)C1=C(Nc2ccc(C)cc2Cl)C(=O)N(CCO)C1. The quantitative estimate of drug-likeness (QED) is 0.799. The first-order chi connectivity index (χ1) is 10.5. The summed E-state index contributed by atoms with van der Waals surface area (Å²) >= 11 is 6.15. The number of methoxy groups -OCH3 is 1. The fraction of sp³-hybridized carbons (Fsp3) is 0.333. The molecule has 118 valence electrons. The predicted octanol–water partition coefficient (Wildman–Crippen LogP) is 1.32. The predicted molar refractivity (Wildman–Crippen MR) is 82.5 cm³/mol. The molecule has 0 fully saturated rings. The van der Waals surface area contributed by atoms with E-state index in [9.17, 15) is 9.59 Å². The van der Waals surface area contributed by atoms with Crippen LogP contribution in [0.1, 0.15) is 5.56 Å². The molecule has 0 saturated heterocycles. The number of nitrogens with zero attached hydrogens (tertiary/aromatic N) is 1. The third-order valence-corrected chi connectivity index (χ3v) is 3.65. The van der Waals surface area contributed by atoms with E-state index in [1.807, 2.05) is 13.0 Å². The maximum Gasteiger partial charge on any atom is 0.337 e. The molecule has 0 spiro atoms. The highest BCUT2D eigenvalue weighted by Crippen LogP contribution is 2.28. The van der Waals surface area contributed by atoms with E-state index in [2.05, 4.69) is 5.32 Å². The highest BCUT2D eigenvalue weighted by molar-refractivity contribution is 6.33. The van der Waals surface area contributed by atoms with Gasteiger partial charge in [-0.15, -0.1) is 0 Å². The summed E-state index contributed by atoms with van der Waals surface area (Å²) in [6.07, 6.45) is 0. The van der Waals surface area contributed by atoms with Gasteiger partial charge in [0.25, 0.3) is 5.91 Å². The molecule has 0 aromatic heterocycles. The van der Waals surface area contributed by atoms with E-state index in [0.29, 0.717) is 10.7 Å². The average Bonchev–Trinajstić information content (AvgIpc) is 2.79. The third-order valence-electron chi connectivity index (χ3n) is 3.34. The van der Waals surface area contributed by atoms with Gasteiger partial charge in [-0.25, -0.2) is 4.79 Å². The molecule has 7 heteroatoms. The zero-order valence-corrected chi connectivity index (χ0v) is 13.1. The summed E-state index contributed by atoms with van der Waals surface area (Å²) in [5.74, 6) is -0.953. The van der Waals surface area contributed by atoms with Crippen LogP contribution in [0.15, 0.2) is 29.5 Å². The molecule has 0 radical (unpaired) electrons. The molecule has 1 aromatic rings. The van der Waals surface area contributed by atoms with Gasteiger partial charge < -0.3 is 20.1 Å². The number of benzene rings is 1. The van der Waals surface area contributed by atoms with Crippen LogP contribution in [0.5, 0.6) is 0 Å². The van der Waals surface area contributed by atoms with E-state index in [1.54, 1.807) is 12.1 Å². The number of amides is 1. The van der Waals surface area contributed by atoms with Gasteiger partial charge in [-0.05, 0) is 24.6 Å². The van der Waals surface area contributed by atoms with Crippen LogP contribution in [-0.2, 0) is 14.3 Å². The van der Waals surface area contributed by atoms with Gasteiger partial charge in [-0.2, -0.15) is 0 Å². The minimum absolute atomic E-state index is 0.0951. The summed E-state index contributed by atoms with van der Waals surface area (Å²) in [5.41, 5.74) is 1.86. The second kappa shape index (κ2) is 6.81. The monoisotopic (exact) mass is 324 g/mol. The number of carbonyl (C=O) groups is 2. The van der Waals surface area contributed by atoms with Crippen LogP contribution >= 0.6 is 11.6 Å². The van der Waals surface area contributed by atoms with Crippen LogP contribution in [0, 0.1) is 6.92 Å². The first-order valence-corrected chi connectivity index (χ1v) is 7.10. The Hall–Kier alpha value is -2.05. The average molecular weight is 325 g/mol. The van der Waals surface area contributed by atoms with Gasteiger partial charge in [0.2, 0.25) is 0 Å². The number of aliphatic hydroxyl groups excluding tert-OH is 1. The van der Waals surface area contributed by atoms with Crippen molar-refractivity contribution in [2.24, 2.45) is 0 Å². The van der Waals surface area contributed by atoms with Crippen molar-refractivity contribution in [1.82, 2.24) is 4.90 Å². The van der Waals surface area contributed by atoms with Gasteiger partial charge >= 0.3 is 5.97 Å². The lowest BCUT2D eigenvalue weighted by Gasteiger charge is -2.15. The van der Waals surface area contributed by atoms with Gasteiger partial charge in [0.1, 0.15) is 5.70 Å². The molecule has 1 aromatic carbocycles. The number of hydrogen-bond donors (Lipinski definition) is 2. The molecule has 1 amide bonds. The Morgan fingerprint density at radius 3 is 2.82 bits per heavy atom. The Balaban J connectivity index is 2.34.